The van der Waals surface area contributed by atoms with E-state index in [1.54, 1.807) is 19.1 Å². The van der Waals surface area contributed by atoms with Gasteiger partial charge in [-0.05, 0) is 93.1 Å². The Morgan fingerprint density at radius 3 is 2.51 bits per heavy atom. The Bertz CT molecular complexity index is 1530. The van der Waals surface area contributed by atoms with E-state index in [0.29, 0.717) is 12.0 Å². The van der Waals surface area contributed by atoms with Crippen LogP contribution >= 0.6 is 11.6 Å². The predicted molar refractivity (Wildman–Crippen MR) is 139 cm³/mol. The molecule has 0 fully saturated rings. The van der Waals surface area contributed by atoms with Crippen molar-refractivity contribution in [3.05, 3.63) is 81.4 Å². The summed E-state index contributed by atoms with van der Waals surface area (Å²) < 4.78 is 50.0. The number of halogens is 4. The predicted octanol–water partition coefficient (Wildman–Crippen LogP) is 7.33. The van der Waals surface area contributed by atoms with Gasteiger partial charge < -0.3 is 14.6 Å². The highest BCUT2D eigenvalue weighted by Gasteiger charge is 2.51. The van der Waals surface area contributed by atoms with Gasteiger partial charge in [0.25, 0.3) is 0 Å². The van der Waals surface area contributed by atoms with Gasteiger partial charge in [-0.25, -0.2) is 4.79 Å². The molecule has 3 aromatic carbocycles. The van der Waals surface area contributed by atoms with Crippen LogP contribution in [-0.4, -0.2) is 28.9 Å². The zero-order valence-corrected chi connectivity index (χ0v) is 22.3. The van der Waals surface area contributed by atoms with E-state index in [1.807, 2.05) is 26.8 Å². The molecule has 2 heterocycles. The number of fused-ring (bicyclic) bond motifs is 2. The van der Waals surface area contributed by atoms with Crippen molar-refractivity contribution in [2.24, 2.45) is 0 Å². The summed E-state index contributed by atoms with van der Waals surface area (Å²) in [6.07, 6.45) is -3.56. The Hall–Kier alpha value is -3.72. The van der Waals surface area contributed by atoms with Crippen molar-refractivity contribution in [3.63, 3.8) is 0 Å². The molecule has 1 amide bonds. The molecular formula is C29H25ClF3NO5. The van der Waals surface area contributed by atoms with Crippen molar-refractivity contribution in [3.8, 4) is 11.5 Å². The topological polar surface area (TPSA) is 76.1 Å². The van der Waals surface area contributed by atoms with Crippen molar-refractivity contribution in [1.29, 1.82) is 0 Å². The maximum Gasteiger partial charge on any atom is 0.573 e. The van der Waals surface area contributed by atoms with E-state index in [4.69, 9.17) is 16.3 Å². The van der Waals surface area contributed by atoms with E-state index in [0.717, 1.165) is 29.4 Å². The molecule has 0 spiro atoms. The Labute approximate surface area is 227 Å². The van der Waals surface area contributed by atoms with Crippen LogP contribution in [0.15, 0.2) is 48.5 Å². The Balaban J connectivity index is 1.74. The third kappa shape index (κ3) is 4.58. The fourth-order valence-corrected chi connectivity index (χ4v) is 5.52. The van der Waals surface area contributed by atoms with Crippen LogP contribution in [0.4, 0.5) is 24.5 Å². The number of nitrogens with zero attached hydrogens (tertiary/aromatic N) is 1. The van der Waals surface area contributed by atoms with Crippen molar-refractivity contribution in [2.45, 2.75) is 57.9 Å². The number of aromatic carboxylic acids is 1. The van der Waals surface area contributed by atoms with E-state index < -0.39 is 29.4 Å². The van der Waals surface area contributed by atoms with Gasteiger partial charge in [0, 0.05) is 5.69 Å². The van der Waals surface area contributed by atoms with Crippen LogP contribution in [0.3, 0.4) is 0 Å². The maximum absolute atomic E-state index is 14.3. The second kappa shape index (κ2) is 8.91. The molecule has 39 heavy (non-hydrogen) atoms. The summed E-state index contributed by atoms with van der Waals surface area (Å²) in [5, 5.41) is 9.16. The molecule has 0 aromatic heterocycles. The lowest BCUT2D eigenvalue weighted by Crippen LogP contribution is -2.38. The lowest BCUT2D eigenvalue weighted by molar-refractivity contribution is -0.274. The molecule has 10 heteroatoms. The number of carbonyl (C=O) groups excluding carboxylic acids is 1. The van der Waals surface area contributed by atoms with Crippen LogP contribution in [0, 0.1) is 6.92 Å². The van der Waals surface area contributed by atoms with Gasteiger partial charge in [-0.2, -0.15) is 0 Å². The van der Waals surface area contributed by atoms with E-state index in [1.165, 1.54) is 29.2 Å². The molecule has 204 valence electrons. The molecule has 1 N–H and O–H groups in total. The number of carboxylic acids is 1. The molecule has 1 unspecified atom stereocenters. The number of alkyl halides is 3. The largest absolute Gasteiger partial charge is 0.573 e. The quantitative estimate of drug-likeness (QED) is 0.362. The van der Waals surface area contributed by atoms with Crippen LogP contribution in [0.2, 0.25) is 5.02 Å². The molecule has 3 aromatic rings. The summed E-state index contributed by atoms with van der Waals surface area (Å²) in [7, 11) is 0. The third-order valence-corrected chi connectivity index (χ3v) is 7.64. The summed E-state index contributed by atoms with van der Waals surface area (Å²) in [6, 6.07) is 11.8. The van der Waals surface area contributed by atoms with Crippen molar-refractivity contribution in [2.75, 3.05) is 4.90 Å². The molecule has 0 bridgehead atoms. The normalized spacial score (nSPS) is 19.8. The minimum absolute atomic E-state index is 0.0528. The first-order valence-corrected chi connectivity index (χ1v) is 12.6. The number of carbonyl (C=O) groups is 2. The zero-order valence-electron chi connectivity index (χ0n) is 21.6. The van der Waals surface area contributed by atoms with E-state index in [2.05, 4.69) is 4.74 Å². The Morgan fingerprint density at radius 2 is 1.85 bits per heavy atom. The highest BCUT2D eigenvalue weighted by Crippen LogP contribution is 2.53. The van der Waals surface area contributed by atoms with Crippen LogP contribution in [0.25, 0.3) is 0 Å². The monoisotopic (exact) mass is 559 g/mol. The number of aryl methyl sites for hydroxylation is 2. The standard InChI is InChI=1S/C29H25ClF3NO5/c1-15-10-18(11-16-8-9-27(2,3)39-24(15)16)28(4)20-13-23(38-29(31,32)33)21(30)14-22(20)34(26(28)37)19-7-5-6-17(12-19)25(35)36/h5-7,10-14H,8-9H2,1-4H3,(H,35,36). The van der Waals surface area contributed by atoms with Crippen molar-refractivity contribution < 1.29 is 37.3 Å². The fourth-order valence-electron chi connectivity index (χ4n) is 5.32. The van der Waals surface area contributed by atoms with Gasteiger partial charge in [0.15, 0.2) is 0 Å². The summed E-state index contributed by atoms with van der Waals surface area (Å²) in [5.41, 5.74) is 1.11. The van der Waals surface area contributed by atoms with Gasteiger partial charge in [-0.1, -0.05) is 29.8 Å². The number of amides is 1. The summed E-state index contributed by atoms with van der Waals surface area (Å²) in [4.78, 5) is 27.2. The molecule has 0 aliphatic carbocycles. The van der Waals surface area contributed by atoms with E-state index >= 15 is 0 Å². The van der Waals surface area contributed by atoms with Crippen LogP contribution in [-0.2, 0) is 16.6 Å². The van der Waals surface area contributed by atoms with Crippen LogP contribution < -0.4 is 14.4 Å². The minimum Gasteiger partial charge on any atom is -0.487 e. The summed E-state index contributed by atoms with van der Waals surface area (Å²) in [5.74, 6) is -1.57. The summed E-state index contributed by atoms with van der Waals surface area (Å²) in [6.45, 7) is 7.49. The van der Waals surface area contributed by atoms with E-state index in [9.17, 15) is 27.9 Å². The number of benzene rings is 3. The first-order chi connectivity index (χ1) is 18.1. The van der Waals surface area contributed by atoms with Crippen molar-refractivity contribution in [1.82, 2.24) is 0 Å². The molecule has 0 radical (unpaired) electrons. The lowest BCUT2D eigenvalue weighted by atomic mass is 9.75. The Morgan fingerprint density at radius 1 is 1.13 bits per heavy atom. The zero-order chi connectivity index (χ0) is 28.5. The molecule has 1 atom stereocenters. The van der Waals surface area contributed by atoms with Crippen molar-refractivity contribution >= 4 is 34.9 Å². The molecule has 5 rings (SSSR count). The lowest BCUT2D eigenvalue weighted by Gasteiger charge is -2.35. The highest BCUT2D eigenvalue weighted by molar-refractivity contribution is 6.33. The first-order valence-electron chi connectivity index (χ1n) is 12.2. The SMILES string of the molecule is Cc1cc(C2(C)C(=O)N(c3cccc(C(=O)O)c3)c3cc(Cl)c(OC(F)(F)F)cc32)cc2c1OC(C)(C)CC2. The summed E-state index contributed by atoms with van der Waals surface area (Å²) >= 11 is 6.21. The molecule has 6 nitrogen and oxygen atoms in total. The number of ether oxygens (including phenoxy) is 2. The second-order valence-electron chi connectivity index (χ2n) is 10.6. The van der Waals surface area contributed by atoms with Gasteiger partial charge in [-0.15, -0.1) is 13.2 Å². The number of hydrogen-bond acceptors (Lipinski definition) is 4. The van der Waals surface area contributed by atoms with Gasteiger partial charge >= 0.3 is 12.3 Å². The Kier molecular flexibility index (Phi) is 6.14. The molecular weight excluding hydrogens is 535 g/mol. The maximum atomic E-state index is 14.3. The average molecular weight is 560 g/mol. The number of rotatable bonds is 4. The fraction of sp³-hybridized carbons (Fsp3) is 0.310. The van der Waals surface area contributed by atoms with Gasteiger partial charge in [0.05, 0.1) is 21.7 Å². The van der Waals surface area contributed by atoms with E-state index in [-0.39, 0.29) is 33.1 Å². The van der Waals surface area contributed by atoms with Crippen LogP contribution in [0.1, 0.15) is 59.8 Å². The van der Waals surface area contributed by atoms with Gasteiger partial charge in [0.2, 0.25) is 5.91 Å². The molecule has 0 saturated carbocycles. The average Bonchev–Trinajstić information content (AvgIpc) is 3.05. The second-order valence-corrected chi connectivity index (χ2v) is 11.0. The van der Waals surface area contributed by atoms with Gasteiger partial charge in [-0.3, -0.25) is 9.69 Å². The minimum atomic E-state index is -5.00. The first kappa shape index (κ1) is 26.9. The third-order valence-electron chi connectivity index (χ3n) is 7.34. The van der Waals surface area contributed by atoms with Crippen LogP contribution in [0.5, 0.6) is 11.5 Å². The molecule has 0 saturated heterocycles. The molecule has 2 aliphatic heterocycles. The highest BCUT2D eigenvalue weighted by atomic mass is 35.5. The molecule has 2 aliphatic rings. The number of carboxylic acid groups (broad SMARTS) is 1. The number of anilines is 2. The number of hydrogen-bond donors (Lipinski definition) is 1. The van der Waals surface area contributed by atoms with Gasteiger partial charge in [0.1, 0.15) is 17.1 Å². The smallest absolute Gasteiger partial charge is 0.487 e.